The first-order chi connectivity index (χ1) is 27.5. The largest absolute Gasteiger partial charge is 0.426 e. The van der Waals surface area contributed by atoms with E-state index in [2.05, 4.69) is 78.8 Å². The molecule has 3 nitrogen and oxygen atoms in total. The molecule has 0 aliphatic rings. The molecule has 0 bridgehead atoms. The zero-order valence-electron chi connectivity index (χ0n) is 38.3. The van der Waals surface area contributed by atoms with Crippen molar-refractivity contribution in [1.29, 1.82) is 0 Å². The number of aryl methyl sites for hydroxylation is 4. The van der Waals surface area contributed by atoms with Crippen molar-refractivity contribution >= 4 is 8.60 Å². The summed E-state index contributed by atoms with van der Waals surface area (Å²) in [6.45, 7) is 17.6. The zero-order valence-corrected chi connectivity index (χ0v) is 39.2. The summed E-state index contributed by atoms with van der Waals surface area (Å²) in [6, 6.07) is 12.1. The molecule has 2 aromatic carbocycles. The predicted molar refractivity (Wildman–Crippen MR) is 249 cm³/mol. The van der Waals surface area contributed by atoms with Crippen molar-refractivity contribution < 1.29 is 13.6 Å². The third-order valence-electron chi connectivity index (χ3n) is 11.8. The molecule has 2 rings (SSSR count). The summed E-state index contributed by atoms with van der Waals surface area (Å²) in [5.74, 6) is 1.37. The summed E-state index contributed by atoms with van der Waals surface area (Å²) < 4.78 is 19.8. The Labute approximate surface area is 350 Å². The molecule has 0 saturated carbocycles. The van der Waals surface area contributed by atoms with E-state index in [1.165, 1.54) is 181 Å². The molecule has 0 aromatic heterocycles. The molecule has 0 amide bonds. The Hall–Kier alpha value is -1.41. The first-order valence-corrected chi connectivity index (χ1v) is 25.5. The molecule has 0 aliphatic carbocycles. The average molecular weight is 795 g/mol. The van der Waals surface area contributed by atoms with Crippen molar-refractivity contribution in [3.63, 3.8) is 0 Å². The maximum atomic E-state index is 6.83. The monoisotopic (exact) mass is 795 g/mol. The number of unbranched alkanes of at least 4 members (excludes halogenated alkanes) is 22. The molecule has 0 radical (unpaired) electrons. The number of hydrogen-bond acceptors (Lipinski definition) is 3. The molecular formula is C52H91O3P. The summed E-state index contributed by atoms with van der Waals surface area (Å²) in [7, 11) is -1.45. The summed E-state index contributed by atoms with van der Waals surface area (Å²) >= 11 is 0. The van der Waals surface area contributed by atoms with Crippen molar-refractivity contribution in [1.82, 2.24) is 0 Å². The van der Waals surface area contributed by atoms with Crippen LogP contribution in [0.1, 0.15) is 254 Å². The maximum absolute atomic E-state index is 6.83. The minimum absolute atomic E-state index is 0.395. The Morgan fingerprint density at radius 2 is 0.893 bits per heavy atom. The second kappa shape index (κ2) is 34.5. The second-order valence-corrected chi connectivity index (χ2v) is 18.3. The van der Waals surface area contributed by atoms with E-state index in [0.717, 1.165) is 50.7 Å². The number of benzene rings is 2. The van der Waals surface area contributed by atoms with Crippen LogP contribution in [-0.2, 0) is 21.9 Å². The van der Waals surface area contributed by atoms with Gasteiger partial charge in [0, 0.05) is 5.92 Å². The summed E-state index contributed by atoms with van der Waals surface area (Å²) in [5, 5.41) is 0. The first-order valence-electron chi connectivity index (χ1n) is 24.5. The Balaban J connectivity index is 2.10. The van der Waals surface area contributed by atoms with Gasteiger partial charge in [-0.3, -0.25) is 0 Å². The minimum atomic E-state index is -1.45. The molecule has 0 spiro atoms. The molecule has 1 unspecified atom stereocenters. The molecule has 1 atom stereocenters. The lowest BCUT2D eigenvalue weighted by Crippen LogP contribution is -2.09. The quantitative estimate of drug-likeness (QED) is 0.0501. The van der Waals surface area contributed by atoms with E-state index >= 15 is 0 Å². The molecule has 0 saturated heterocycles. The minimum Gasteiger partial charge on any atom is -0.426 e. The molecule has 56 heavy (non-hydrogen) atoms. The van der Waals surface area contributed by atoms with Gasteiger partial charge in [-0.1, -0.05) is 207 Å². The molecule has 0 fully saturated rings. The van der Waals surface area contributed by atoms with E-state index < -0.39 is 8.60 Å². The first kappa shape index (κ1) is 50.7. The molecule has 2 aromatic rings. The maximum Gasteiger partial charge on any atom is 0.397 e. The highest BCUT2D eigenvalue weighted by Gasteiger charge is 2.23. The highest BCUT2D eigenvalue weighted by atomic mass is 31.2. The topological polar surface area (TPSA) is 27.7 Å². The van der Waals surface area contributed by atoms with Crippen molar-refractivity contribution in [2.45, 2.75) is 247 Å². The van der Waals surface area contributed by atoms with Crippen LogP contribution < -0.4 is 4.52 Å². The van der Waals surface area contributed by atoms with Crippen LogP contribution in [0.15, 0.2) is 30.3 Å². The SMILES string of the molecule is CCCCCCCCCCCCCOP(OCCCCCCCCCCCCC)Oc1cc(C)c(C(CCC)c2cc(CCCC)ccc2C)cc1CCCC. The van der Waals surface area contributed by atoms with Crippen LogP contribution in [-0.4, -0.2) is 13.2 Å². The Bertz CT molecular complexity index is 1180. The Morgan fingerprint density at radius 3 is 1.38 bits per heavy atom. The Kier molecular flexibility index (Phi) is 31.2. The fraction of sp³-hybridized carbons (Fsp3) is 0.769. The van der Waals surface area contributed by atoms with Crippen LogP contribution in [0.3, 0.4) is 0 Å². The summed E-state index contributed by atoms with van der Waals surface area (Å²) in [4.78, 5) is 0. The summed E-state index contributed by atoms with van der Waals surface area (Å²) in [6.07, 6.45) is 38.7. The molecular weight excluding hydrogens is 704 g/mol. The second-order valence-electron chi connectivity index (χ2n) is 17.1. The van der Waals surface area contributed by atoms with Gasteiger partial charge in [0.05, 0.1) is 13.2 Å². The van der Waals surface area contributed by atoms with Crippen LogP contribution in [0.25, 0.3) is 0 Å². The molecule has 0 aliphatic heterocycles. The van der Waals surface area contributed by atoms with E-state index in [0.29, 0.717) is 19.1 Å². The van der Waals surface area contributed by atoms with Crippen molar-refractivity contribution in [2.24, 2.45) is 0 Å². The van der Waals surface area contributed by atoms with E-state index in [4.69, 9.17) is 13.6 Å². The van der Waals surface area contributed by atoms with Gasteiger partial charge in [0.15, 0.2) is 0 Å². The van der Waals surface area contributed by atoms with Crippen molar-refractivity contribution in [3.8, 4) is 5.75 Å². The molecule has 322 valence electrons. The van der Waals surface area contributed by atoms with Crippen LogP contribution >= 0.6 is 8.60 Å². The van der Waals surface area contributed by atoms with Crippen LogP contribution in [0.5, 0.6) is 5.75 Å². The summed E-state index contributed by atoms with van der Waals surface area (Å²) in [5.41, 5.74) is 8.50. The van der Waals surface area contributed by atoms with Crippen molar-refractivity contribution in [3.05, 3.63) is 63.7 Å². The van der Waals surface area contributed by atoms with Crippen LogP contribution in [0.4, 0.5) is 0 Å². The zero-order chi connectivity index (χ0) is 40.5. The Morgan fingerprint density at radius 1 is 0.446 bits per heavy atom. The third kappa shape index (κ3) is 22.7. The van der Waals surface area contributed by atoms with Gasteiger partial charge in [-0.2, -0.15) is 0 Å². The average Bonchev–Trinajstić information content (AvgIpc) is 3.20. The third-order valence-corrected chi connectivity index (χ3v) is 12.9. The van der Waals surface area contributed by atoms with Gasteiger partial charge in [0.25, 0.3) is 0 Å². The lowest BCUT2D eigenvalue weighted by atomic mass is 9.81. The van der Waals surface area contributed by atoms with Crippen molar-refractivity contribution in [2.75, 3.05) is 13.2 Å². The van der Waals surface area contributed by atoms with Gasteiger partial charge in [-0.15, -0.1) is 0 Å². The standard InChI is InChI=1S/C52H91O3P/c1-8-13-17-19-21-23-25-27-29-31-33-40-53-56(54-41-34-32-30-28-26-24-22-20-18-14-9-2)55-52-42-46(7)51(44-48(52)37-16-11-4)49(35-12-5)50-43-47(36-15-10-3)39-38-45(50)6/h38-39,42-44,49H,8-37,40-41H2,1-7H3. The van der Waals surface area contributed by atoms with E-state index in [1.807, 2.05) is 0 Å². The van der Waals surface area contributed by atoms with Gasteiger partial charge in [0.1, 0.15) is 5.75 Å². The van der Waals surface area contributed by atoms with Gasteiger partial charge < -0.3 is 13.6 Å². The number of rotatable bonds is 38. The van der Waals surface area contributed by atoms with E-state index in [9.17, 15) is 0 Å². The highest BCUT2D eigenvalue weighted by molar-refractivity contribution is 7.42. The molecule has 0 N–H and O–H groups in total. The molecule has 0 heterocycles. The number of hydrogen-bond donors (Lipinski definition) is 0. The predicted octanol–water partition coefficient (Wildman–Crippen LogP) is 18.2. The van der Waals surface area contributed by atoms with Gasteiger partial charge >= 0.3 is 8.60 Å². The van der Waals surface area contributed by atoms with Crippen LogP contribution in [0, 0.1) is 13.8 Å². The van der Waals surface area contributed by atoms with Gasteiger partial charge in [-0.25, -0.2) is 0 Å². The lowest BCUT2D eigenvalue weighted by molar-refractivity contribution is 0.198. The normalized spacial score (nSPS) is 12.2. The lowest BCUT2D eigenvalue weighted by Gasteiger charge is -2.25. The van der Waals surface area contributed by atoms with Gasteiger partial charge in [0.2, 0.25) is 0 Å². The smallest absolute Gasteiger partial charge is 0.397 e. The fourth-order valence-corrected chi connectivity index (χ4v) is 9.19. The van der Waals surface area contributed by atoms with E-state index in [-0.39, 0.29) is 0 Å². The molecule has 4 heteroatoms. The van der Waals surface area contributed by atoms with Crippen LogP contribution in [0.2, 0.25) is 0 Å². The fourth-order valence-electron chi connectivity index (χ4n) is 8.12. The van der Waals surface area contributed by atoms with Gasteiger partial charge in [-0.05, 0) is 98.2 Å². The highest BCUT2D eigenvalue weighted by Crippen LogP contribution is 2.45. The van der Waals surface area contributed by atoms with E-state index in [1.54, 1.807) is 0 Å².